The Morgan fingerprint density at radius 3 is 2.59 bits per heavy atom. The summed E-state index contributed by atoms with van der Waals surface area (Å²) in [6.07, 6.45) is 0. The van der Waals surface area contributed by atoms with Crippen LogP contribution in [0.1, 0.15) is 20.8 Å². The summed E-state index contributed by atoms with van der Waals surface area (Å²) in [6, 6.07) is 14.9. The second kappa shape index (κ2) is 7.41. The van der Waals surface area contributed by atoms with Gasteiger partial charge in [-0.15, -0.1) is 5.10 Å². The van der Waals surface area contributed by atoms with Gasteiger partial charge in [0.2, 0.25) is 12.7 Å². The molecule has 2 aromatic rings. The molecule has 1 atom stereocenters. The van der Waals surface area contributed by atoms with Crippen LogP contribution >= 0.6 is 11.6 Å². The highest BCUT2D eigenvalue weighted by Gasteiger charge is 2.50. The lowest BCUT2D eigenvalue weighted by atomic mass is 9.94. The third-order valence-corrected chi connectivity index (χ3v) is 6.30. The zero-order chi connectivity index (χ0) is 22.5. The summed E-state index contributed by atoms with van der Waals surface area (Å²) < 4.78 is 16.9. The van der Waals surface area contributed by atoms with Gasteiger partial charge in [0.15, 0.2) is 16.4 Å². The van der Waals surface area contributed by atoms with Crippen molar-refractivity contribution in [3.05, 3.63) is 48.5 Å². The quantitative estimate of drug-likeness (QED) is 0.653. The van der Waals surface area contributed by atoms with Gasteiger partial charge < -0.3 is 14.2 Å². The number of carbonyl (C=O) groups is 1. The van der Waals surface area contributed by atoms with Crippen LogP contribution in [0.4, 0.5) is 11.4 Å². The maximum absolute atomic E-state index is 13.1. The Balaban J connectivity index is 1.34. The largest absolute Gasteiger partial charge is 0.476 e. The summed E-state index contributed by atoms with van der Waals surface area (Å²) in [6.45, 7) is 6.56. The fourth-order valence-electron chi connectivity index (χ4n) is 3.82. The van der Waals surface area contributed by atoms with E-state index in [1.165, 1.54) is 5.01 Å². The standard InChI is InChI=1S/C23H23ClN4O4/c1-15-23(24,21(29)28(25-15)16-7-5-4-6-8-16)13-30-20-22(2,3)12-27(26-20)17-9-10-18-19(11-17)32-14-31-18/h4-11H,12-14H2,1-3H3. The second-order valence-electron chi connectivity index (χ2n) is 8.61. The molecule has 3 aliphatic heterocycles. The highest BCUT2D eigenvalue weighted by atomic mass is 35.5. The number of fused-ring (bicyclic) bond motifs is 1. The Kier molecular flexibility index (Phi) is 4.78. The van der Waals surface area contributed by atoms with E-state index in [2.05, 4.69) is 10.2 Å². The van der Waals surface area contributed by atoms with E-state index >= 15 is 0 Å². The van der Waals surface area contributed by atoms with Crippen LogP contribution in [-0.4, -0.2) is 42.3 Å². The number of benzene rings is 2. The molecule has 1 amide bonds. The zero-order valence-electron chi connectivity index (χ0n) is 18.0. The number of nitrogens with zero attached hydrogens (tertiary/aromatic N) is 4. The van der Waals surface area contributed by atoms with Crippen molar-refractivity contribution in [3.8, 4) is 11.5 Å². The first kappa shape index (κ1) is 20.6. The topological polar surface area (TPSA) is 76.0 Å². The summed E-state index contributed by atoms with van der Waals surface area (Å²) >= 11 is 6.76. The van der Waals surface area contributed by atoms with Crippen molar-refractivity contribution >= 4 is 40.5 Å². The number of rotatable bonds is 4. The number of hydrogen-bond acceptors (Lipinski definition) is 7. The summed E-state index contributed by atoms with van der Waals surface area (Å²) in [4.78, 5) is 11.7. The molecule has 1 unspecified atom stereocenters. The Morgan fingerprint density at radius 1 is 1.06 bits per heavy atom. The summed E-state index contributed by atoms with van der Waals surface area (Å²) in [5.41, 5.74) is 1.63. The maximum Gasteiger partial charge on any atom is 0.278 e. The van der Waals surface area contributed by atoms with E-state index in [4.69, 9.17) is 25.8 Å². The van der Waals surface area contributed by atoms with Crippen LogP contribution < -0.4 is 19.5 Å². The molecule has 0 bridgehead atoms. The molecule has 0 saturated carbocycles. The number of hydrogen-bond donors (Lipinski definition) is 0. The third-order valence-electron chi connectivity index (χ3n) is 5.75. The maximum atomic E-state index is 13.1. The minimum absolute atomic E-state index is 0.0662. The van der Waals surface area contributed by atoms with Gasteiger partial charge in [-0.05, 0) is 45.0 Å². The van der Waals surface area contributed by atoms with Crippen molar-refractivity contribution in [2.24, 2.45) is 15.6 Å². The van der Waals surface area contributed by atoms with Crippen molar-refractivity contribution in [2.45, 2.75) is 25.6 Å². The Bertz CT molecular complexity index is 1130. The van der Waals surface area contributed by atoms with Gasteiger partial charge in [-0.25, -0.2) is 0 Å². The molecule has 0 spiro atoms. The van der Waals surface area contributed by atoms with Crippen molar-refractivity contribution in [2.75, 3.05) is 30.0 Å². The number of hydrazone groups is 2. The molecule has 0 N–H and O–H groups in total. The molecular weight excluding hydrogens is 432 g/mol. The van der Waals surface area contributed by atoms with Gasteiger partial charge in [0.05, 0.1) is 29.0 Å². The highest BCUT2D eigenvalue weighted by molar-refractivity contribution is 6.50. The van der Waals surface area contributed by atoms with E-state index < -0.39 is 4.87 Å². The van der Waals surface area contributed by atoms with Crippen LogP contribution in [0.3, 0.4) is 0 Å². The molecule has 3 heterocycles. The van der Waals surface area contributed by atoms with Crippen LogP contribution in [0, 0.1) is 5.41 Å². The number of ether oxygens (including phenoxy) is 3. The molecule has 0 radical (unpaired) electrons. The van der Waals surface area contributed by atoms with E-state index in [-0.39, 0.29) is 24.7 Å². The van der Waals surface area contributed by atoms with Gasteiger partial charge in [0.1, 0.15) is 6.61 Å². The number of alkyl halides is 1. The van der Waals surface area contributed by atoms with Crippen LogP contribution in [0.2, 0.25) is 0 Å². The van der Waals surface area contributed by atoms with Gasteiger partial charge in [-0.1, -0.05) is 29.8 Å². The van der Waals surface area contributed by atoms with E-state index in [9.17, 15) is 4.79 Å². The predicted octanol–water partition coefficient (Wildman–Crippen LogP) is 3.99. The molecule has 0 fully saturated rings. The van der Waals surface area contributed by atoms with Crippen molar-refractivity contribution in [1.29, 1.82) is 0 Å². The average Bonchev–Trinajstić information content (AvgIpc) is 3.43. The molecule has 32 heavy (non-hydrogen) atoms. The Hall–Kier alpha value is -3.26. The second-order valence-corrected chi connectivity index (χ2v) is 9.26. The third kappa shape index (κ3) is 3.35. The van der Waals surface area contributed by atoms with Crippen LogP contribution in [0.25, 0.3) is 0 Å². The average molecular weight is 455 g/mol. The first-order valence-electron chi connectivity index (χ1n) is 10.3. The summed E-state index contributed by atoms with van der Waals surface area (Å²) in [7, 11) is 0. The molecule has 0 aliphatic carbocycles. The van der Waals surface area contributed by atoms with E-state index in [1.807, 2.05) is 67.4 Å². The van der Waals surface area contributed by atoms with E-state index in [0.29, 0.717) is 35.3 Å². The number of carbonyl (C=O) groups excluding carboxylic acids is 1. The lowest BCUT2D eigenvalue weighted by molar-refractivity contribution is -0.119. The van der Waals surface area contributed by atoms with Crippen LogP contribution in [0.15, 0.2) is 58.7 Å². The van der Waals surface area contributed by atoms with Crippen LogP contribution in [-0.2, 0) is 9.53 Å². The van der Waals surface area contributed by atoms with Crippen molar-refractivity contribution in [1.82, 2.24) is 0 Å². The SMILES string of the molecule is CC1=NN(c2ccccc2)C(=O)C1(Cl)COC1=NN(c2ccc3c(c2)OCO3)CC1(C)C. The summed E-state index contributed by atoms with van der Waals surface area (Å²) in [5.74, 6) is 1.57. The number of para-hydroxylation sites is 1. The van der Waals surface area contributed by atoms with Gasteiger partial charge in [-0.3, -0.25) is 9.80 Å². The molecule has 8 nitrogen and oxygen atoms in total. The molecular formula is C23H23ClN4O4. The van der Waals surface area contributed by atoms with E-state index in [0.717, 1.165) is 5.69 Å². The van der Waals surface area contributed by atoms with Crippen molar-refractivity contribution < 1.29 is 19.0 Å². The van der Waals surface area contributed by atoms with Gasteiger partial charge in [0.25, 0.3) is 5.91 Å². The molecule has 0 saturated heterocycles. The Morgan fingerprint density at radius 2 is 1.81 bits per heavy atom. The number of anilines is 2. The predicted molar refractivity (Wildman–Crippen MR) is 123 cm³/mol. The molecule has 3 aliphatic rings. The lowest BCUT2D eigenvalue weighted by Crippen LogP contribution is -2.46. The lowest BCUT2D eigenvalue weighted by Gasteiger charge is -2.25. The van der Waals surface area contributed by atoms with E-state index in [1.54, 1.807) is 6.92 Å². The summed E-state index contributed by atoms with van der Waals surface area (Å²) in [5, 5.41) is 12.2. The van der Waals surface area contributed by atoms with Gasteiger partial charge in [0, 0.05) is 6.07 Å². The fraction of sp³-hybridized carbons (Fsp3) is 0.348. The minimum Gasteiger partial charge on any atom is -0.476 e. The fourth-order valence-corrected chi connectivity index (χ4v) is 3.99. The molecule has 0 aromatic heterocycles. The smallest absolute Gasteiger partial charge is 0.278 e. The molecule has 166 valence electrons. The molecule has 2 aromatic carbocycles. The van der Waals surface area contributed by atoms with Gasteiger partial charge in [-0.2, -0.15) is 10.1 Å². The van der Waals surface area contributed by atoms with Crippen LogP contribution in [0.5, 0.6) is 11.5 Å². The van der Waals surface area contributed by atoms with Crippen molar-refractivity contribution in [3.63, 3.8) is 0 Å². The molecule has 9 heteroatoms. The number of amides is 1. The molecule has 5 rings (SSSR count). The van der Waals surface area contributed by atoms with Gasteiger partial charge >= 0.3 is 0 Å². The Labute approximate surface area is 191 Å². The monoisotopic (exact) mass is 454 g/mol. The normalized spacial score (nSPS) is 23.4. The zero-order valence-corrected chi connectivity index (χ0v) is 18.8. The first-order valence-corrected chi connectivity index (χ1v) is 10.7. The minimum atomic E-state index is -1.39. The number of halogens is 1. The highest BCUT2D eigenvalue weighted by Crippen LogP contribution is 2.39. The first-order chi connectivity index (χ1) is 15.3.